The summed E-state index contributed by atoms with van der Waals surface area (Å²) >= 11 is 0. The van der Waals surface area contributed by atoms with E-state index in [4.69, 9.17) is 4.74 Å². The van der Waals surface area contributed by atoms with E-state index < -0.39 is 9.84 Å². The molecule has 1 saturated heterocycles. The zero-order chi connectivity index (χ0) is 19.6. The first kappa shape index (κ1) is 19.8. The Bertz CT molecular complexity index is 833. The topological polar surface area (TPSA) is 111 Å². The summed E-state index contributed by atoms with van der Waals surface area (Å²) in [5.41, 5.74) is 1.02. The molecule has 0 aromatic carbocycles. The van der Waals surface area contributed by atoms with Gasteiger partial charge in [0.25, 0.3) is 11.8 Å². The summed E-state index contributed by atoms with van der Waals surface area (Å²) in [6, 6.07) is -0.345. The third-order valence-corrected chi connectivity index (χ3v) is 6.94. The van der Waals surface area contributed by atoms with Crippen LogP contribution in [0.2, 0.25) is 0 Å². The van der Waals surface area contributed by atoms with Gasteiger partial charge in [0.15, 0.2) is 15.7 Å². The molecule has 0 spiro atoms. The van der Waals surface area contributed by atoms with Crippen molar-refractivity contribution in [2.75, 3.05) is 38.8 Å². The van der Waals surface area contributed by atoms with E-state index in [2.05, 4.69) is 10.3 Å². The van der Waals surface area contributed by atoms with Gasteiger partial charge in [-0.05, 0) is 25.7 Å². The molecule has 150 valence electrons. The van der Waals surface area contributed by atoms with Crippen LogP contribution in [0.15, 0.2) is 0 Å². The quantitative estimate of drug-likeness (QED) is 0.668. The van der Waals surface area contributed by atoms with Gasteiger partial charge in [0, 0.05) is 33.3 Å². The SMILES string of the molecule is COCCNC(=O)c1nc(C(=O)N(C)C2CCS(=O)(=O)C2)c2n1CCCC2. The average Bonchev–Trinajstić information content (AvgIpc) is 3.21. The van der Waals surface area contributed by atoms with Crippen LogP contribution in [0.5, 0.6) is 0 Å². The first-order chi connectivity index (χ1) is 12.8. The number of fused-ring (bicyclic) bond motifs is 1. The van der Waals surface area contributed by atoms with Crippen LogP contribution in [0.3, 0.4) is 0 Å². The summed E-state index contributed by atoms with van der Waals surface area (Å²) in [7, 11) is 0.0767. The van der Waals surface area contributed by atoms with Crippen LogP contribution in [0.1, 0.15) is 46.1 Å². The van der Waals surface area contributed by atoms with Gasteiger partial charge in [0.05, 0.1) is 23.8 Å². The molecule has 2 amide bonds. The van der Waals surface area contributed by atoms with Gasteiger partial charge in [-0.3, -0.25) is 9.59 Å². The Morgan fingerprint density at radius 1 is 1.37 bits per heavy atom. The Morgan fingerprint density at radius 3 is 2.81 bits per heavy atom. The number of amides is 2. The lowest BCUT2D eigenvalue weighted by molar-refractivity contribution is 0.0740. The number of methoxy groups -OCH3 is 1. The highest BCUT2D eigenvalue weighted by Crippen LogP contribution is 2.24. The van der Waals surface area contributed by atoms with Crippen molar-refractivity contribution in [3.05, 3.63) is 17.2 Å². The highest BCUT2D eigenvalue weighted by molar-refractivity contribution is 7.91. The monoisotopic (exact) mass is 398 g/mol. The Hall–Kier alpha value is -1.94. The van der Waals surface area contributed by atoms with E-state index in [1.165, 1.54) is 4.90 Å². The number of ether oxygens (including phenoxy) is 1. The summed E-state index contributed by atoms with van der Waals surface area (Å²) in [6.07, 6.45) is 2.96. The van der Waals surface area contributed by atoms with E-state index in [9.17, 15) is 18.0 Å². The van der Waals surface area contributed by atoms with Gasteiger partial charge in [-0.1, -0.05) is 0 Å². The number of imidazole rings is 1. The molecule has 1 fully saturated rings. The van der Waals surface area contributed by atoms with E-state index in [0.717, 1.165) is 18.5 Å². The molecule has 10 heteroatoms. The fraction of sp³-hybridized carbons (Fsp3) is 0.706. The maximum Gasteiger partial charge on any atom is 0.287 e. The van der Waals surface area contributed by atoms with Crippen molar-refractivity contribution in [1.82, 2.24) is 19.8 Å². The second-order valence-electron chi connectivity index (χ2n) is 7.06. The molecule has 0 aliphatic carbocycles. The maximum atomic E-state index is 13.0. The number of rotatable bonds is 6. The van der Waals surface area contributed by atoms with Crippen molar-refractivity contribution in [3.63, 3.8) is 0 Å². The van der Waals surface area contributed by atoms with Crippen molar-refractivity contribution < 1.29 is 22.7 Å². The maximum absolute atomic E-state index is 13.0. The molecule has 2 aliphatic rings. The molecule has 27 heavy (non-hydrogen) atoms. The van der Waals surface area contributed by atoms with Crippen molar-refractivity contribution >= 4 is 21.7 Å². The van der Waals surface area contributed by atoms with Gasteiger partial charge >= 0.3 is 0 Å². The Balaban J connectivity index is 1.84. The molecule has 1 aromatic heterocycles. The summed E-state index contributed by atoms with van der Waals surface area (Å²) in [5, 5.41) is 2.75. The Labute approximate surface area is 159 Å². The summed E-state index contributed by atoms with van der Waals surface area (Å²) < 4.78 is 30.2. The first-order valence-electron chi connectivity index (χ1n) is 9.18. The molecule has 9 nitrogen and oxygen atoms in total. The first-order valence-corrected chi connectivity index (χ1v) is 11.0. The minimum atomic E-state index is -3.09. The van der Waals surface area contributed by atoms with E-state index in [0.29, 0.717) is 32.5 Å². The van der Waals surface area contributed by atoms with Gasteiger partial charge in [-0.25, -0.2) is 13.4 Å². The lowest BCUT2D eigenvalue weighted by Gasteiger charge is -2.23. The number of carbonyl (C=O) groups is 2. The molecule has 2 aliphatic heterocycles. The minimum Gasteiger partial charge on any atom is -0.383 e. The largest absolute Gasteiger partial charge is 0.383 e. The van der Waals surface area contributed by atoms with E-state index in [-0.39, 0.29) is 40.9 Å². The van der Waals surface area contributed by atoms with E-state index in [1.54, 1.807) is 14.2 Å². The third kappa shape index (κ3) is 4.16. The van der Waals surface area contributed by atoms with Crippen LogP contribution in [0.4, 0.5) is 0 Å². The van der Waals surface area contributed by atoms with Crippen LogP contribution in [-0.4, -0.2) is 79.5 Å². The highest BCUT2D eigenvalue weighted by Gasteiger charge is 2.36. The van der Waals surface area contributed by atoms with E-state index in [1.807, 2.05) is 4.57 Å². The molecule has 0 radical (unpaired) electrons. The number of nitrogens with zero attached hydrogens (tertiary/aromatic N) is 3. The van der Waals surface area contributed by atoms with Crippen molar-refractivity contribution in [2.24, 2.45) is 0 Å². The molecule has 1 aromatic rings. The summed E-state index contributed by atoms with van der Waals surface area (Å²) in [5.74, 6) is -0.338. The van der Waals surface area contributed by atoms with Crippen molar-refractivity contribution in [1.29, 1.82) is 0 Å². The molecular formula is C17H26N4O5S. The summed E-state index contributed by atoms with van der Waals surface area (Å²) in [6.45, 7) is 1.40. The number of hydrogen-bond donors (Lipinski definition) is 1. The predicted octanol–water partition coefficient (Wildman–Crippen LogP) is -0.145. The number of nitrogens with one attached hydrogen (secondary N) is 1. The van der Waals surface area contributed by atoms with E-state index >= 15 is 0 Å². The lowest BCUT2D eigenvalue weighted by atomic mass is 10.1. The summed E-state index contributed by atoms with van der Waals surface area (Å²) in [4.78, 5) is 31.3. The Kier molecular flexibility index (Phi) is 5.85. The second-order valence-corrected chi connectivity index (χ2v) is 9.29. The molecular weight excluding hydrogens is 372 g/mol. The van der Waals surface area contributed by atoms with Gasteiger partial charge < -0.3 is 19.5 Å². The van der Waals surface area contributed by atoms with Crippen LogP contribution in [-0.2, 0) is 27.5 Å². The Morgan fingerprint density at radius 2 is 2.15 bits per heavy atom. The van der Waals surface area contributed by atoms with Gasteiger partial charge in [0.2, 0.25) is 0 Å². The number of aromatic nitrogens is 2. The van der Waals surface area contributed by atoms with Crippen LogP contribution < -0.4 is 5.32 Å². The molecule has 3 rings (SSSR count). The smallest absolute Gasteiger partial charge is 0.287 e. The molecule has 1 atom stereocenters. The number of sulfone groups is 1. The molecule has 0 bridgehead atoms. The highest BCUT2D eigenvalue weighted by atomic mass is 32.2. The predicted molar refractivity (Wildman–Crippen MR) is 98.5 cm³/mol. The average molecular weight is 398 g/mol. The fourth-order valence-corrected chi connectivity index (χ4v) is 5.42. The number of hydrogen-bond acceptors (Lipinski definition) is 6. The zero-order valence-corrected chi connectivity index (χ0v) is 16.5. The van der Waals surface area contributed by atoms with Crippen LogP contribution in [0.25, 0.3) is 0 Å². The standard InChI is InChI=1S/C17H26N4O5S/c1-20(12-6-10-27(24,25)11-12)17(23)14-13-5-3-4-8-21(13)15(19-14)16(22)18-7-9-26-2/h12H,3-11H2,1-2H3,(H,18,22). The van der Waals surface area contributed by atoms with Gasteiger partial charge in [-0.2, -0.15) is 0 Å². The van der Waals surface area contributed by atoms with Gasteiger partial charge in [-0.15, -0.1) is 0 Å². The molecule has 0 saturated carbocycles. The van der Waals surface area contributed by atoms with Crippen molar-refractivity contribution in [2.45, 2.75) is 38.3 Å². The fourth-order valence-electron chi connectivity index (χ4n) is 3.65. The van der Waals surface area contributed by atoms with Crippen molar-refractivity contribution in [3.8, 4) is 0 Å². The molecule has 3 heterocycles. The zero-order valence-electron chi connectivity index (χ0n) is 15.7. The third-order valence-electron chi connectivity index (χ3n) is 5.19. The minimum absolute atomic E-state index is 0.0182. The van der Waals surface area contributed by atoms with Crippen LogP contribution >= 0.6 is 0 Å². The normalized spacial score (nSPS) is 20.9. The van der Waals surface area contributed by atoms with Gasteiger partial charge in [0.1, 0.15) is 5.69 Å². The lowest BCUT2D eigenvalue weighted by Crippen LogP contribution is -2.38. The molecule has 1 N–H and O–H groups in total. The second kappa shape index (κ2) is 7.97. The van der Waals surface area contributed by atoms with Crippen LogP contribution in [0, 0.1) is 0 Å². The molecule has 1 unspecified atom stereocenters. The number of carbonyl (C=O) groups excluding carboxylic acids is 2.